The summed E-state index contributed by atoms with van der Waals surface area (Å²) in [4.78, 5) is 15.6. The molecular formula is C15H17N3O2. The molecule has 2 aromatic rings. The molecular weight excluding hydrogens is 254 g/mol. The lowest BCUT2D eigenvalue weighted by atomic mass is 10.0. The zero-order valence-corrected chi connectivity index (χ0v) is 11.1. The monoisotopic (exact) mass is 271 g/mol. The van der Waals surface area contributed by atoms with Crippen LogP contribution >= 0.6 is 0 Å². The second kappa shape index (κ2) is 5.09. The third-order valence-electron chi connectivity index (χ3n) is 3.73. The SMILES string of the molecule is NC1CCc2c(C(=O)O)nc(Cc3ccccc3)n2C1. The van der Waals surface area contributed by atoms with E-state index in [0.717, 1.165) is 23.5 Å². The molecule has 5 heteroatoms. The fraction of sp³-hybridized carbons (Fsp3) is 0.333. The van der Waals surface area contributed by atoms with E-state index in [9.17, 15) is 9.90 Å². The molecule has 3 N–H and O–H groups in total. The van der Waals surface area contributed by atoms with Crippen molar-refractivity contribution in [2.75, 3.05) is 0 Å². The maximum absolute atomic E-state index is 11.3. The van der Waals surface area contributed by atoms with Crippen LogP contribution in [0.2, 0.25) is 0 Å². The van der Waals surface area contributed by atoms with Crippen LogP contribution in [0, 0.1) is 0 Å². The number of aromatic carboxylic acids is 1. The van der Waals surface area contributed by atoms with Crippen molar-refractivity contribution in [3.63, 3.8) is 0 Å². The zero-order valence-electron chi connectivity index (χ0n) is 11.1. The predicted molar refractivity (Wildman–Crippen MR) is 74.7 cm³/mol. The van der Waals surface area contributed by atoms with Crippen molar-refractivity contribution < 1.29 is 9.90 Å². The number of aromatic nitrogens is 2. The molecule has 1 unspecified atom stereocenters. The minimum atomic E-state index is -0.955. The van der Waals surface area contributed by atoms with E-state index in [0.29, 0.717) is 19.4 Å². The highest BCUT2D eigenvalue weighted by molar-refractivity contribution is 5.87. The fourth-order valence-corrected chi connectivity index (χ4v) is 2.74. The first-order valence-corrected chi connectivity index (χ1v) is 6.76. The van der Waals surface area contributed by atoms with Crippen LogP contribution in [0.15, 0.2) is 30.3 Å². The summed E-state index contributed by atoms with van der Waals surface area (Å²) in [7, 11) is 0. The van der Waals surface area contributed by atoms with Crippen molar-refractivity contribution in [2.45, 2.75) is 31.8 Å². The third kappa shape index (κ3) is 2.32. The number of nitrogens with two attached hydrogens (primary N) is 1. The van der Waals surface area contributed by atoms with Crippen LogP contribution < -0.4 is 5.73 Å². The molecule has 5 nitrogen and oxygen atoms in total. The molecule has 0 bridgehead atoms. The van der Waals surface area contributed by atoms with Gasteiger partial charge in [-0.05, 0) is 18.4 Å². The number of carbonyl (C=O) groups is 1. The van der Waals surface area contributed by atoms with Crippen LogP contribution in [0.4, 0.5) is 0 Å². The van der Waals surface area contributed by atoms with E-state index >= 15 is 0 Å². The molecule has 0 fully saturated rings. The summed E-state index contributed by atoms with van der Waals surface area (Å²) < 4.78 is 1.99. The summed E-state index contributed by atoms with van der Waals surface area (Å²) >= 11 is 0. The molecule has 0 saturated heterocycles. The normalized spacial score (nSPS) is 17.8. The van der Waals surface area contributed by atoms with E-state index in [1.807, 2.05) is 34.9 Å². The van der Waals surface area contributed by atoms with Gasteiger partial charge in [-0.15, -0.1) is 0 Å². The van der Waals surface area contributed by atoms with Crippen molar-refractivity contribution in [3.8, 4) is 0 Å². The number of hydrogen-bond donors (Lipinski definition) is 2. The van der Waals surface area contributed by atoms with E-state index in [2.05, 4.69) is 4.98 Å². The number of nitrogens with zero attached hydrogens (tertiary/aromatic N) is 2. The van der Waals surface area contributed by atoms with Gasteiger partial charge < -0.3 is 15.4 Å². The Hall–Kier alpha value is -2.14. The Morgan fingerprint density at radius 3 is 2.85 bits per heavy atom. The molecule has 1 aromatic heterocycles. The molecule has 1 aliphatic heterocycles. The van der Waals surface area contributed by atoms with E-state index in [4.69, 9.17) is 5.73 Å². The predicted octanol–water partition coefficient (Wildman–Crippen LogP) is 1.45. The number of fused-ring (bicyclic) bond motifs is 1. The topological polar surface area (TPSA) is 81.1 Å². The molecule has 1 aliphatic rings. The maximum Gasteiger partial charge on any atom is 0.356 e. The first-order chi connectivity index (χ1) is 9.65. The number of rotatable bonds is 3. The Morgan fingerprint density at radius 1 is 1.40 bits per heavy atom. The van der Waals surface area contributed by atoms with E-state index in [-0.39, 0.29) is 11.7 Å². The van der Waals surface area contributed by atoms with Crippen molar-refractivity contribution in [1.82, 2.24) is 9.55 Å². The summed E-state index contributed by atoms with van der Waals surface area (Å²) in [6.45, 7) is 0.651. The molecule has 0 spiro atoms. The van der Waals surface area contributed by atoms with Gasteiger partial charge in [0, 0.05) is 19.0 Å². The van der Waals surface area contributed by atoms with E-state index < -0.39 is 5.97 Å². The smallest absolute Gasteiger partial charge is 0.356 e. The average Bonchev–Trinajstić information content (AvgIpc) is 2.78. The lowest BCUT2D eigenvalue weighted by Gasteiger charge is -2.22. The highest BCUT2D eigenvalue weighted by atomic mass is 16.4. The Morgan fingerprint density at radius 2 is 2.15 bits per heavy atom. The van der Waals surface area contributed by atoms with Crippen molar-refractivity contribution in [2.24, 2.45) is 5.73 Å². The minimum absolute atomic E-state index is 0.0767. The summed E-state index contributed by atoms with van der Waals surface area (Å²) in [5.41, 5.74) is 8.12. The zero-order chi connectivity index (χ0) is 14.1. The third-order valence-corrected chi connectivity index (χ3v) is 3.73. The molecule has 2 heterocycles. The van der Waals surface area contributed by atoms with Crippen molar-refractivity contribution >= 4 is 5.97 Å². The van der Waals surface area contributed by atoms with Gasteiger partial charge in [0.1, 0.15) is 5.82 Å². The molecule has 104 valence electrons. The molecule has 3 rings (SSSR count). The largest absolute Gasteiger partial charge is 0.476 e. The Bertz CT molecular complexity index is 634. The Kier molecular flexibility index (Phi) is 3.28. The highest BCUT2D eigenvalue weighted by Crippen LogP contribution is 2.22. The number of benzene rings is 1. The number of hydrogen-bond acceptors (Lipinski definition) is 3. The second-order valence-corrected chi connectivity index (χ2v) is 5.20. The van der Waals surface area contributed by atoms with Gasteiger partial charge in [-0.2, -0.15) is 0 Å². The highest BCUT2D eigenvalue weighted by Gasteiger charge is 2.26. The maximum atomic E-state index is 11.3. The van der Waals surface area contributed by atoms with Gasteiger partial charge in [-0.25, -0.2) is 9.78 Å². The Labute approximate surface area is 117 Å². The van der Waals surface area contributed by atoms with E-state index in [1.165, 1.54) is 0 Å². The standard InChI is InChI=1S/C15H17N3O2/c16-11-6-7-12-14(15(19)20)17-13(18(12)9-11)8-10-4-2-1-3-5-10/h1-5,11H,6-9,16H2,(H,19,20). The van der Waals surface area contributed by atoms with Crippen LogP contribution in [0.25, 0.3) is 0 Å². The lowest BCUT2D eigenvalue weighted by molar-refractivity contribution is 0.0689. The fourth-order valence-electron chi connectivity index (χ4n) is 2.74. The van der Waals surface area contributed by atoms with Crippen LogP contribution in [0.5, 0.6) is 0 Å². The quantitative estimate of drug-likeness (QED) is 0.885. The molecule has 0 aliphatic carbocycles. The first-order valence-electron chi connectivity index (χ1n) is 6.76. The lowest BCUT2D eigenvalue weighted by Crippen LogP contribution is -2.33. The molecule has 1 atom stereocenters. The van der Waals surface area contributed by atoms with Crippen molar-refractivity contribution in [1.29, 1.82) is 0 Å². The first kappa shape index (κ1) is 12.9. The van der Waals surface area contributed by atoms with Gasteiger partial charge in [0.25, 0.3) is 0 Å². The van der Waals surface area contributed by atoms with Gasteiger partial charge in [0.05, 0.1) is 5.69 Å². The summed E-state index contributed by atoms with van der Waals surface area (Å²) in [6.07, 6.45) is 2.13. The van der Waals surface area contributed by atoms with Gasteiger partial charge >= 0.3 is 5.97 Å². The van der Waals surface area contributed by atoms with Gasteiger partial charge in [-0.3, -0.25) is 0 Å². The van der Waals surface area contributed by atoms with Gasteiger partial charge in [-0.1, -0.05) is 30.3 Å². The number of carboxylic acids is 1. The minimum Gasteiger partial charge on any atom is -0.476 e. The van der Waals surface area contributed by atoms with Crippen LogP contribution in [-0.4, -0.2) is 26.7 Å². The number of carboxylic acid groups (broad SMARTS) is 1. The van der Waals surface area contributed by atoms with Crippen molar-refractivity contribution in [3.05, 3.63) is 53.1 Å². The second-order valence-electron chi connectivity index (χ2n) is 5.20. The molecule has 1 aromatic carbocycles. The molecule has 0 radical (unpaired) electrons. The van der Waals surface area contributed by atoms with Gasteiger partial charge in [0.2, 0.25) is 0 Å². The van der Waals surface area contributed by atoms with Gasteiger partial charge in [0.15, 0.2) is 5.69 Å². The van der Waals surface area contributed by atoms with Crippen LogP contribution in [0.1, 0.15) is 34.0 Å². The van der Waals surface area contributed by atoms with Crippen LogP contribution in [-0.2, 0) is 19.4 Å². The summed E-state index contributed by atoms with van der Waals surface area (Å²) in [5.74, 6) is -0.165. The molecule has 0 saturated carbocycles. The average molecular weight is 271 g/mol. The number of imidazole rings is 1. The van der Waals surface area contributed by atoms with E-state index in [1.54, 1.807) is 0 Å². The summed E-state index contributed by atoms with van der Waals surface area (Å²) in [5, 5.41) is 9.28. The Balaban J connectivity index is 2.00. The molecule has 0 amide bonds. The summed E-state index contributed by atoms with van der Waals surface area (Å²) in [6, 6.07) is 10.0. The molecule has 20 heavy (non-hydrogen) atoms. The van der Waals surface area contributed by atoms with Crippen LogP contribution in [0.3, 0.4) is 0 Å².